The van der Waals surface area contributed by atoms with Crippen LogP contribution < -0.4 is 15.4 Å². The van der Waals surface area contributed by atoms with Crippen LogP contribution >= 0.6 is 0 Å². The van der Waals surface area contributed by atoms with E-state index in [1.165, 1.54) is 12.8 Å². The van der Waals surface area contributed by atoms with Crippen molar-refractivity contribution in [1.29, 1.82) is 5.26 Å². The molecule has 2 bridgehead atoms. The molecule has 2 saturated heterocycles. The minimum absolute atomic E-state index is 0.314. The SMILES string of the molecule is COc1ccc2c(Nc3cc(C)[nH]n3)nc(NC3C[C@H]4CC[C@@H](C3)N4CCC#N)nc2c1. The molecule has 9 nitrogen and oxygen atoms in total. The Morgan fingerprint density at radius 3 is 2.72 bits per heavy atom. The molecule has 0 spiro atoms. The van der Waals surface area contributed by atoms with E-state index in [-0.39, 0.29) is 0 Å². The van der Waals surface area contributed by atoms with Gasteiger partial charge in [-0.05, 0) is 44.7 Å². The summed E-state index contributed by atoms with van der Waals surface area (Å²) in [5.41, 5.74) is 1.79. The third kappa shape index (κ3) is 4.06. The second-order valence-corrected chi connectivity index (χ2v) is 8.68. The molecule has 166 valence electrons. The highest BCUT2D eigenvalue weighted by atomic mass is 16.5. The molecule has 2 fully saturated rings. The fourth-order valence-corrected chi connectivity index (χ4v) is 5.12. The molecule has 0 aliphatic carbocycles. The van der Waals surface area contributed by atoms with Gasteiger partial charge in [-0.15, -0.1) is 0 Å². The van der Waals surface area contributed by atoms with E-state index in [2.05, 4.69) is 31.8 Å². The number of aromatic nitrogens is 4. The summed E-state index contributed by atoms with van der Waals surface area (Å²) in [6.45, 7) is 2.84. The number of nitrogens with zero attached hydrogens (tertiary/aromatic N) is 5. The molecule has 0 saturated carbocycles. The first-order chi connectivity index (χ1) is 15.6. The van der Waals surface area contributed by atoms with Crippen LogP contribution in [0.5, 0.6) is 5.75 Å². The van der Waals surface area contributed by atoms with Gasteiger partial charge in [0.05, 0.1) is 18.7 Å². The first-order valence-corrected chi connectivity index (χ1v) is 11.2. The van der Waals surface area contributed by atoms with Crippen molar-refractivity contribution in [3.8, 4) is 11.8 Å². The summed E-state index contributed by atoms with van der Waals surface area (Å²) in [5.74, 6) is 2.79. The monoisotopic (exact) mass is 432 g/mol. The van der Waals surface area contributed by atoms with Gasteiger partial charge in [-0.2, -0.15) is 15.3 Å². The molecule has 4 heterocycles. The lowest BCUT2D eigenvalue weighted by molar-refractivity contribution is 0.135. The molecular formula is C23H28N8O. The standard InChI is InChI=1S/C23H28N8O/c1-14-10-21(30-29-14)27-22-19-7-6-18(32-2)13-20(19)26-23(28-22)25-15-11-16-4-5-17(12-15)31(16)9-3-8-24/h6-7,10,13,15-17H,3-5,9,11-12H2,1-2H3,(H3,25,26,27,28,29,30)/t15?,16-,17+. The molecule has 32 heavy (non-hydrogen) atoms. The molecule has 1 aromatic carbocycles. The van der Waals surface area contributed by atoms with Gasteiger partial charge < -0.3 is 15.4 Å². The number of ether oxygens (including phenoxy) is 1. The summed E-state index contributed by atoms with van der Waals surface area (Å²) >= 11 is 0. The number of hydrogen-bond acceptors (Lipinski definition) is 8. The maximum atomic E-state index is 8.97. The third-order valence-corrected chi connectivity index (χ3v) is 6.56. The normalized spacial score (nSPS) is 22.6. The van der Waals surface area contributed by atoms with Gasteiger partial charge in [-0.1, -0.05) is 0 Å². The van der Waals surface area contributed by atoms with Gasteiger partial charge in [0.1, 0.15) is 11.6 Å². The molecule has 1 unspecified atom stereocenters. The summed E-state index contributed by atoms with van der Waals surface area (Å²) in [6.07, 6.45) is 5.10. The molecule has 2 aliphatic rings. The average Bonchev–Trinajstić information content (AvgIpc) is 3.30. The Morgan fingerprint density at radius 2 is 2.03 bits per heavy atom. The van der Waals surface area contributed by atoms with Gasteiger partial charge in [0.25, 0.3) is 0 Å². The van der Waals surface area contributed by atoms with Crippen molar-refractivity contribution in [3.63, 3.8) is 0 Å². The van der Waals surface area contributed by atoms with Gasteiger partial charge in [0.2, 0.25) is 5.95 Å². The third-order valence-electron chi connectivity index (χ3n) is 6.56. The van der Waals surface area contributed by atoms with Crippen molar-refractivity contribution < 1.29 is 4.74 Å². The van der Waals surface area contributed by atoms with E-state index in [9.17, 15) is 0 Å². The number of benzene rings is 1. The van der Waals surface area contributed by atoms with Crippen LogP contribution in [0.2, 0.25) is 0 Å². The number of aryl methyl sites for hydroxylation is 1. The number of rotatable bonds is 7. The van der Waals surface area contributed by atoms with E-state index < -0.39 is 0 Å². The first kappa shape index (κ1) is 20.5. The lowest BCUT2D eigenvalue weighted by Gasteiger charge is -2.38. The largest absolute Gasteiger partial charge is 0.497 e. The molecule has 3 N–H and O–H groups in total. The first-order valence-electron chi connectivity index (χ1n) is 11.2. The predicted molar refractivity (Wildman–Crippen MR) is 123 cm³/mol. The minimum atomic E-state index is 0.314. The molecule has 0 amide bonds. The van der Waals surface area contributed by atoms with Crippen molar-refractivity contribution in [2.45, 2.75) is 57.2 Å². The Balaban J connectivity index is 1.41. The van der Waals surface area contributed by atoms with Gasteiger partial charge >= 0.3 is 0 Å². The zero-order valence-electron chi connectivity index (χ0n) is 18.4. The van der Waals surface area contributed by atoms with Gasteiger partial charge in [0.15, 0.2) is 5.82 Å². The Hall–Kier alpha value is -3.38. The minimum Gasteiger partial charge on any atom is -0.497 e. The van der Waals surface area contributed by atoms with Crippen molar-refractivity contribution >= 4 is 28.5 Å². The van der Waals surface area contributed by atoms with Crippen LogP contribution in [0.25, 0.3) is 10.9 Å². The Morgan fingerprint density at radius 1 is 1.22 bits per heavy atom. The Kier molecular flexibility index (Phi) is 5.53. The second kappa shape index (κ2) is 8.63. The van der Waals surface area contributed by atoms with Crippen LogP contribution in [0.4, 0.5) is 17.6 Å². The summed E-state index contributed by atoms with van der Waals surface area (Å²) in [7, 11) is 1.66. The number of nitrogens with one attached hydrogen (secondary N) is 3. The number of piperidine rings is 1. The van der Waals surface area contributed by atoms with Crippen LogP contribution in [0.1, 0.15) is 37.8 Å². The van der Waals surface area contributed by atoms with E-state index in [0.29, 0.717) is 42.1 Å². The molecular weight excluding hydrogens is 404 g/mol. The summed E-state index contributed by atoms with van der Waals surface area (Å²) < 4.78 is 5.41. The zero-order valence-corrected chi connectivity index (χ0v) is 18.4. The molecule has 9 heteroatoms. The Labute approximate surface area is 187 Å². The molecule has 2 aromatic heterocycles. The molecule has 5 rings (SSSR count). The van der Waals surface area contributed by atoms with Crippen molar-refractivity contribution in [2.75, 3.05) is 24.3 Å². The number of nitriles is 1. The fraction of sp³-hybridized carbons (Fsp3) is 0.478. The maximum absolute atomic E-state index is 8.97. The summed E-state index contributed by atoms with van der Waals surface area (Å²) in [4.78, 5) is 12.1. The van der Waals surface area contributed by atoms with Crippen LogP contribution in [0.3, 0.4) is 0 Å². The second-order valence-electron chi connectivity index (χ2n) is 8.68. The maximum Gasteiger partial charge on any atom is 0.225 e. The topological polar surface area (TPSA) is 115 Å². The van der Waals surface area contributed by atoms with Gasteiger partial charge in [-0.3, -0.25) is 10.00 Å². The highest BCUT2D eigenvalue weighted by molar-refractivity contribution is 5.92. The highest BCUT2D eigenvalue weighted by Crippen LogP contribution is 2.37. The fourth-order valence-electron chi connectivity index (χ4n) is 5.12. The molecule has 2 aliphatic heterocycles. The lowest BCUT2D eigenvalue weighted by Crippen LogP contribution is -2.47. The number of anilines is 3. The lowest BCUT2D eigenvalue weighted by atomic mass is 9.97. The van der Waals surface area contributed by atoms with E-state index in [1.54, 1.807) is 7.11 Å². The summed E-state index contributed by atoms with van der Waals surface area (Å²) in [5, 5.41) is 24.0. The van der Waals surface area contributed by atoms with E-state index in [1.807, 2.05) is 31.2 Å². The quantitative estimate of drug-likeness (QED) is 0.517. The number of hydrogen-bond donors (Lipinski definition) is 3. The predicted octanol–water partition coefficient (Wildman–Crippen LogP) is 3.73. The van der Waals surface area contributed by atoms with Crippen LogP contribution in [0.15, 0.2) is 24.3 Å². The van der Waals surface area contributed by atoms with Gasteiger partial charge in [-0.25, -0.2) is 4.98 Å². The van der Waals surface area contributed by atoms with Gasteiger partial charge in [0, 0.05) is 54.3 Å². The zero-order chi connectivity index (χ0) is 22.1. The van der Waals surface area contributed by atoms with Crippen LogP contribution in [0, 0.1) is 18.3 Å². The highest BCUT2D eigenvalue weighted by Gasteiger charge is 2.40. The molecule has 3 atom stereocenters. The van der Waals surface area contributed by atoms with Crippen molar-refractivity contribution in [3.05, 3.63) is 30.0 Å². The average molecular weight is 433 g/mol. The van der Waals surface area contributed by atoms with Crippen LogP contribution in [-0.2, 0) is 0 Å². The Bertz CT molecular complexity index is 1140. The number of H-pyrrole nitrogens is 1. The van der Waals surface area contributed by atoms with E-state index in [4.69, 9.17) is 20.0 Å². The smallest absolute Gasteiger partial charge is 0.225 e. The van der Waals surface area contributed by atoms with E-state index in [0.717, 1.165) is 41.7 Å². The van der Waals surface area contributed by atoms with Crippen molar-refractivity contribution in [2.24, 2.45) is 0 Å². The van der Waals surface area contributed by atoms with E-state index >= 15 is 0 Å². The van der Waals surface area contributed by atoms with Crippen molar-refractivity contribution in [1.82, 2.24) is 25.1 Å². The number of methoxy groups -OCH3 is 1. The number of aromatic amines is 1. The molecule has 3 aromatic rings. The molecule has 0 radical (unpaired) electrons. The summed E-state index contributed by atoms with van der Waals surface area (Å²) in [6, 6.07) is 11.4. The number of fused-ring (bicyclic) bond motifs is 3. The van der Waals surface area contributed by atoms with Crippen LogP contribution in [-0.4, -0.2) is 56.8 Å².